The van der Waals surface area contributed by atoms with Crippen LogP contribution in [0.25, 0.3) is 0 Å². The first-order chi connectivity index (χ1) is 6.15. The summed E-state index contributed by atoms with van der Waals surface area (Å²) in [6.07, 6.45) is 2.96. The van der Waals surface area contributed by atoms with E-state index in [0.717, 1.165) is 16.6 Å². The van der Waals surface area contributed by atoms with Crippen molar-refractivity contribution in [3.8, 4) is 0 Å². The van der Waals surface area contributed by atoms with Crippen molar-refractivity contribution in [2.24, 2.45) is 0 Å². The second kappa shape index (κ2) is 4.46. The first-order valence-electron chi connectivity index (χ1n) is 4.17. The van der Waals surface area contributed by atoms with E-state index < -0.39 is 0 Å². The van der Waals surface area contributed by atoms with Crippen LogP contribution in [-0.4, -0.2) is 15.8 Å². The van der Waals surface area contributed by atoms with Crippen LogP contribution in [0.2, 0.25) is 0 Å². The second-order valence-electron chi connectivity index (χ2n) is 2.80. The van der Waals surface area contributed by atoms with Crippen LogP contribution in [0.3, 0.4) is 0 Å². The SMILES string of the molecule is CCCC(=O)c1ncc(Br)c(C)n1. The maximum absolute atomic E-state index is 11.4. The number of ketones is 1. The van der Waals surface area contributed by atoms with Gasteiger partial charge in [0, 0.05) is 12.6 Å². The highest BCUT2D eigenvalue weighted by molar-refractivity contribution is 9.10. The molecule has 0 saturated carbocycles. The minimum Gasteiger partial charge on any atom is -0.291 e. The minimum atomic E-state index is 0.0121. The fourth-order valence-electron chi connectivity index (χ4n) is 0.926. The monoisotopic (exact) mass is 242 g/mol. The number of carbonyl (C=O) groups excluding carboxylic acids is 1. The van der Waals surface area contributed by atoms with Crippen molar-refractivity contribution in [1.82, 2.24) is 9.97 Å². The van der Waals surface area contributed by atoms with Crippen LogP contribution >= 0.6 is 15.9 Å². The van der Waals surface area contributed by atoms with Gasteiger partial charge in [-0.05, 0) is 29.3 Å². The van der Waals surface area contributed by atoms with Gasteiger partial charge >= 0.3 is 0 Å². The van der Waals surface area contributed by atoms with E-state index in [1.54, 1.807) is 6.20 Å². The Morgan fingerprint density at radius 3 is 2.85 bits per heavy atom. The molecule has 0 spiro atoms. The summed E-state index contributed by atoms with van der Waals surface area (Å²) in [6.45, 7) is 3.80. The fourth-order valence-corrected chi connectivity index (χ4v) is 1.12. The van der Waals surface area contributed by atoms with Crippen LogP contribution in [0, 0.1) is 6.92 Å². The molecule has 0 radical (unpaired) electrons. The van der Waals surface area contributed by atoms with Crippen LogP contribution < -0.4 is 0 Å². The summed E-state index contributed by atoms with van der Waals surface area (Å²) in [5.74, 6) is 0.334. The maximum Gasteiger partial charge on any atom is 0.200 e. The van der Waals surface area contributed by atoms with Gasteiger partial charge in [-0.1, -0.05) is 6.92 Å². The zero-order valence-corrected chi connectivity index (χ0v) is 9.26. The third kappa shape index (κ3) is 2.59. The highest BCUT2D eigenvalue weighted by Gasteiger charge is 2.08. The van der Waals surface area contributed by atoms with E-state index >= 15 is 0 Å². The van der Waals surface area contributed by atoms with Crippen molar-refractivity contribution in [1.29, 1.82) is 0 Å². The Bertz CT molecular complexity index is 325. The van der Waals surface area contributed by atoms with Gasteiger partial charge in [0.15, 0.2) is 11.6 Å². The molecule has 3 nitrogen and oxygen atoms in total. The quantitative estimate of drug-likeness (QED) is 0.766. The molecule has 70 valence electrons. The van der Waals surface area contributed by atoms with Crippen LogP contribution in [0.1, 0.15) is 36.1 Å². The number of hydrogen-bond donors (Lipinski definition) is 0. The van der Waals surface area contributed by atoms with Gasteiger partial charge in [-0.25, -0.2) is 9.97 Å². The third-order valence-electron chi connectivity index (χ3n) is 1.65. The van der Waals surface area contributed by atoms with Gasteiger partial charge in [-0.15, -0.1) is 0 Å². The van der Waals surface area contributed by atoms with E-state index in [4.69, 9.17) is 0 Å². The smallest absolute Gasteiger partial charge is 0.200 e. The molecule has 1 heterocycles. The topological polar surface area (TPSA) is 42.9 Å². The molecule has 13 heavy (non-hydrogen) atoms. The van der Waals surface area contributed by atoms with E-state index in [9.17, 15) is 4.79 Å². The highest BCUT2D eigenvalue weighted by atomic mass is 79.9. The summed E-state index contributed by atoms with van der Waals surface area (Å²) in [7, 11) is 0. The summed E-state index contributed by atoms with van der Waals surface area (Å²) < 4.78 is 0.834. The lowest BCUT2D eigenvalue weighted by Gasteiger charge is -2.00. The number of Topliss-reactive ketones (excluding diaryl/α,β-unsaturated/α-hetero) is 1. The zero-order valence-electron chi connectivity index (χ0n) is 7.67. The predicted octanol–water partition coefficient (Wildman–Crippen LogP) is 2.53. The second-order valence-corrected chi connectivity index (χ2v) is 3.65. The normalized spacial score (nSPS) is 10.1. The molecule has 0 aliphatic carbocycles. The maximum atomic E-state index is 11.4. The van der Waals surface area contributed by atoms with E-state index in [2.05, 4.69) is 25.9 Å². The Hall–Kier alpha value is -0.770. The molecule has 1 aromatic rings. The lowest BCUT2D eigenvalue weighted by molar-refractivity contribution is 0.0971. The van der Waals surface area contributed by atoms with Crippen molar-refractivity contribution in [2.75, 3.05) is 0 Å². The van der Waals surface area contributed by atoms with Crippen molar-refractivity contribution in [3.05, 3.63) is 22.2 Å². The highest BCUT2D eigenvalue weighted by Crippen LogP contribution is 2.12. The number of halogens is 1. The van der Waals surface area contributed by atoms with E-state index in [0.29, 0.717) is 12.2 Å². The largest absolute Gasteiger partial charge is 0.291 e. The molecular weight excluding hydrogens is 232 g/mol. The molecule has 0 fully saturated rings. The summed E-state index contributed by atoms with van der Waals surface area (Å²) >= 11 is 3.28. The van der Waals surface area contributed by atoms with Gasteiger partial charge in [-0.2, -0.15) is 0 Å². The summed E-state index contributed by atoms with van der Waals surface area (Å²) in [4.78, 5) is 19.4. The molecule has 0 saturated heterocycles. The van der Waals surface area contributed by atoms with Crippen LogP contribution in [-0.2, 0) is 0 Å². The average molecular weight is 243 g/mol. The Labute approximate surface area is 85.7 Å². The lowest BCUT2D eigenvalue weighted by Crippen LogP contribution is -2.05. The number of aryl methyl sites for hydroxylation is 1. The number of carbonyl (C=O) groups is 1. The number of rotatable bonds is 3. The van der Waals surface area contributed by atoms with E-state index in [1.807, 2.05) is 13.8 Å². The summed E-state index contributed by atoms with van der Waals surface area (Å²) in [5, 5.41) is 0. The molecular formula is C9H11BrN2O. The van der Waals surface area contributed by atoms with Gasteiger partial charge in [0.05, 0.1) is 10.2 Å². The Kier molecular flexibility index (Phi) is 3.54. The van der Waals surface area contributed by atoms with Gasteiger partial charge in [0.25, 0.3) is 0 Å². The van der Waals surface area contributed by atoms with Crippen molar-refractivity contribution < 1.29 is 4.79 Å². The molecule has 0 unspecified atom stereocenters. The molecule has 0 bridgehead atoms. The first kappa shape index (κ1) is 10.3. The fraction of sp³-hybridized carbons (Fsp3) is 0.444. The number of nitrogens with zero attached hydrogens (tertiary/aromatic N) is 2. The summed E-state index contributed by atoms with van der Waals surface area (Å²) in [5.41, 5.74) is 0.800. The molecule has 0 aromatic carbocycles. The number of aromatic nitrogens is 2. The number of hydrogen-bond acceptors (Lipinski definition) is 3. The van der Waals surface area contributed by atoms with Gasteiger partial charge in [0.2, 0.25) is 0 Å². The Morgan fingerprint density at radius 1 is 1.62 bits per heavy atom. The van der Waals surface area contributed by atoms with Crippen LogP contribution in [0.4, 0.5) is 0 Å². The molecule has 0 N–H and O–H groups in total. The average Bonchev–Trinajstić information content (AvgIpc) is 2.10. The molecule has 0 aliphatic heterocycles. The molecule has 1 rings (SSSR count). The predicted molar refractivity (Wildman–Crippen MR) is 53.7 cm³/mol. The van der Waals surface area contributed by atoms with Crippen LogP contribution in [0.15, 0.2) is 10.7 Å². The molecule has 0 amide bonds. The van der Waals surface area contributed by atoms with Crippen LogP contribution in [0.5, 0.6) is 0 Å². The zero-order chi connectivity index (χ0) is 9.84. The molecule has 4 heteroatoms. The first-order valence-corrected chi connectivity index (χ1v) is 4.96. The standard InChI is InChI=1S/C9H11BrN2O/c1-3-4-8(13)9-11-5-7(10)6(2)12-9/h5H,3-4H2,1-2H3. The Balaban J connectivity index is 2.90. The minimum absolute atomic E-state index is 0.0121. The van der Waals surface area contributed by atoms with Gasteiger partial charge in [0.1, 0.15) is 0 Å². The molecule has 0 atom stereocenters. The summed E-state index contributed by atoms with van der Waals surface area (Å²) in [6, 6.07) is 0. The third-order valence-corrected chi connectivity index (χ3v) is 2.42. The van der Waals surface area contributed by atoms with Crippen molar-refractivity contribution in [3.63, 3.8) is 0 Å². The molecule has 0 aliphatic rings. The van der Waals surface area contributed by atoms with Gasteiger partial charge < -0.3 is 0 Å². The van der Waals surface area contributed by atoms with E-state index in [1.165, 1.54) is 0 Å². The van der Waals surface area contributed by atoms with Gasteiger partial charge in [-0.3, -0.25) is 4.79 Å². The van der Waals surface area contributed by atoms with Crippen molar-refractivity contribution >= 4 is 21.7 Å². The Morgan fingerprint density at radius 2 is 2.31 bits per heavy atom. The van der Waals surface area contributed by atoms with Crippen molar-refractivity contribution in [2.45, 2.75) is 26.7 Å². The van der Waals surface area contributed by atoms with E-state index in [-0.39, 0.29) is 5.78 Å². The lowest BCUT2D eigenvalue weighted by atomic mass is 10.2. The molecule has 1 aromatic heterocycles.